The minimum absolute atomic E-state index is 0.0688. The topological polar surface area (TPSA) is 51.7 Å². The van der Waals surface area contributed by atoms with E-state index in [2.05, 4.69) is 90.2 Å². The van der Waals surface area contributed by atoms with Crippen molar-refractivity contribution >= 4 is 40.5 Å². The van der Waals surface area contributed by atoms with Crippen LogP contribution in [0.1, 0.15) is 54.9 Å². The van der Waals surface area contributed by atoms with Crippen molar-refractivity contribution in [3.05, 3.63) is 118 Å². The van der Waals surface area contributed by atoms with Gasteiger partial charge in [-0.05, 0) is 80.6 Å². The van der Waals surface area contributed by atoms with Gasteiger partial charge in [0.05, 0.1) is 35.4 Å². The van der Waals surface area contributed by atoms with Gasteiger partial charge in [0.15, 0.2) is 0 Å². The van der Waals surface area contributed by atoms with Crippen molar-refractivity contribution in [2.45, 2.75) is 58.9 Å². The molecule has 0 unspecified atom stereocenters. The highest BCUT2D eigenvalue weighted by molar-refractivity contribution is 9.10. The summed E-state index contributed by atoms with van der Waals surface area (Å²) in [4.78, 5) is 20.3. The molecule has 0 fully saturated rings. The zero-order valence-corrected chi connectivity index (χ0v) is 26.9. The average molecular weight is 630 g/mol. The molecule has 1 amide bonds. The Balaban J connectivity index is 1.52. The van der Waals surface area contributed by atoms with Crippen molar-refractivity contribution in [3.63, 3.8) is 0 Å². The lowest BCUT2D eigenvalue weighted by Crippen LogP contribution is -2.66. The molecular weight excluding hydrogens is 592 g/mol. The maximum absolute atomic E-state index is 13.9. The molecule has 2 heterocycles. The number of carbonyl (C=O) groups is 1. The fourth-order valence-corrected chi connectivity index (χ4v) is 10.9. The van der Waals surface area contributed by atoms with Crippen molar-refractivity contribution in [1.29, 1.82) is 0 Å². The van der Waals surface area contributed by atoms with Gasteiger partial charge in [-0.25, -0.2) is 0 Å². The van der Waals surface area contributed by atoms with Crippen LogP contribution in [0, 0.1) is 6.92 Å². The summed E-state index contributed by atoms with van der Waals surface area (Å²) in [6, 6.07) is 29.1. The summed E-state index contributed by atoms with van der Waals surface area (Å²) in [5.41, 5.74) is 3.44. The highest BCUT2D eigenvalue weighted by atomic mass is 79.9. The fourth-order valence-electron chi connectivity index (χ4n) is 5.78. The van der Waals surface area contributed by atoms with E-state index in [9.17, 15) is 4.79 Å². The van der Waals surface area contributed by atoms with Crippen molar-refractivity contribution in [2.75, 3.05) is 6.54 Å². The Morgan fingerprint density at radius 3 is 2.22 bits per heavy atom. The molecule has 5 rings (SSSR count). The lowest BCUT2D eigenvalue weighted by molar-refractivity contribution is 0.0704. The molecule has 7 heteroatoms. The third kappa shape index (κ3) is 6.03. The van der Waals surface area contributed by atoms with Gasteiger partial charge in [0.1, 0.15) is 11.9 Å². The third-order valence-electron chi connectivity index (χ3n) is 7.61. The zero-order chi connectivity index (χ0) is 29.2. The third-order valence-corrected chi connectivity index (χ3v) is 13.2. The molecule has 1 aromatic heterocycles. The quantitative estimate of drug-likeness (QED) is 0.215. The van der Waals surface area contributed by atoms with Gasteiger partial charge in [0.2, 0.25) is 0 Å². The molecule has 0 N–H and O–H groups in total. The van der Waals surface area contributed by atoms with Gasteiger partial charge in [0, 0.05) is 6.20 Å². The zero-order valence-electron chi connectivity index (χ0n) is 24.4. The van der Waals surface area contributed by atoms with E-state index in [1.165, 1.54) is 10.4 Å². The molecule has 4 aromatic rings. The molecule has 1 atom stereocenters. The molecule has 41 heavy (non-hydrogen) atoms. The van der Waals surface area contributed by atoms with E-state index in [4.69, 9.17) is 9.16 Å². The second-order valence-corrected chi connectivity index (χ2v) is 17.0. The fraction of sp³-hybridized carbons (Fsp3) is 0.294. The lowest BCUT2D eigenvalue weighted by Gasteiger charge is -2.43. The molecule has 212 valence electrons. The van der Waals surface area contributed by atoms with Gasteiger partial charge >= 0.3 is 0 Å². The van der Waals surface area contributed by atoms with Crippen LogP contribution in [0.15, 0.2) is 95.6 Å². The van der Waals surface area contributed by atoms with Gasteiger partial charge in [-0.1, -0.05) is 81.4 Å². The monoisotopic (exact) mass is 628 g/mol. The molecule has 1 aliphatic heterocycles. The van der Waals surface area contributed by atoms with Crippen molar-refractivity contribution in [1.82, 2.24) is 9.88 Å². The first-order chi connectivity index (χ1) is 19.6. The van der Waals surface area contributed by atoms with E-state index in [1.54, 1.807) is 6.20 Å². The summed E-state index contributed by atoms with van der Waals surface area (Å²) < 4.78 is 14.2. The Morgan fingerprint density at radius 1 is 1.00 bits per heavy atom. The van der Waals surface area contributed by atoms with Gasteiger partial charge in [0.25, 0.3) is 14.2 Å². The number of carbonyl (C=O) groups excluding carboxylic acids is 1. The summed E-state index contributed by atoms with van der Waals surface area (Å²) in [6.07, 6.45) is 1.62. The first-order valence-electron chi connectivity index (χ1n) is 14.0. The van der Waals surface area contributed by atoms with Crippen LogP contribution in [0.2, 0.25) is 5.04 Å². The number of ether oxygens (including phenoxy) is 1. The van der Waals surface area contributed by atoms with E-state index in [0.717, 1.165) is 21.3 Å². The maximum Gasteiger partial charge on any atom is 0.261 e. The van der Waals surface area contributed by atoms with Crippen LogP contribution in [-0.2, 0) is 17.6 Å². The number of hydrogen-bond acceptors (Lipinski definition) is 4. The smallest absolute Gasteiger partial charge is 0.261 e. The summed E-state index contributed by atoms with van der Waals surface area (Å²) in [5, 5.41) is 2.29. The number of aromatic nitrogens is 1. The summed E-state index contributed by atoms with van der Waals surface area (Å²) in [7, 11) is -2.74. The maximum atomic E-state index is 13.9. The Morgan fingerprint density at radius 2 is 1.63 bits per heavy atom. The Labute approximate surface area is 252 Å². The molecule has 0 aliphatic carbocycles. The molecule has 0 saturated carbocycles. The van der Waals surface area contributed by atoms with Gasteiger partial charge in [-0.15, -0.1) is 0 Å². The number of nitrogens with zero attached hydrogens (tertiary/aromatic N) is 2. The SMILES string of the molecule is Cc1ccnc(CN2C[C@H](C)Oc3c(Br)cc(CO[Si](c4ccccc4)(c4ccccc4)C(C)(C)C)cc3C2=O)c1. The van der Waals surface area contributed by atoms with Crippen LogP contribution >= 0.6 is 15.9 Å². The lowest BCUT2D eigenvalue weighted by atomic mass is 10.1. The molecule has 0 bridgehead atoms. The predicted molar refractivity (Wildman–Crippen MR) is 170 cm³/mol. The van der Waals surface area contributed by atoms with Gasteiger partial charge in [-0.3, -0.25) is 9.78 Å². The molecule has 3 aromatic carbocycles. The summed E-state index contributed by atoms with van der Waals surface area (Å²) in [5.74, 6) is 0.511. The summed E-state index contributed by atoms with van der Waals surface area (Å²) in [6.45, 7) is 12.1. The highest BCUT2D eigenvalue weighted by Crippen LogP contribution is 2.39. The molecule has 0 spiro atoms. The Kier molecular flexibility index (Phi) is 8.50. The summed E-state index contributed by atoms with van der Waals surface area (Å²) >= 11 is 3.72. The number of rotatable bonds is 7. The first kappa shape index (κ1) is 29.2. The van der Waals surface area contributed by atoms with Gasteiger partial charge in [-0.2, -0.15) is 0 Å². The van der Waals surface area contributed by atoms with Crippen LogP contribution in [0.4, 0.5) is 0 Å². The second-order valence-electron chi connectivity index (χ2n) is 11.8. The van der Waals surface area contributed by atoms with Gasteiger partial charge < -0.3 is 14.1 Å². The van der Waals surface area contributed by atoms with Crippen LogP contribution in [0.3, 0.4) is 0 Å². The van der Waals surface area contributed by atoms with E-state index in [1.807, 2.05) is 55.1 Å². The van der Waals surface area contributed by atoms with E-state index < -0.39 is 8.32 Å². The van der Waals surface area contributed by atoms with Crippen LogP contribution in [0.25, 0.3) is 0 Å². The molecule has 5 nitrogen and oxygen atoms in total. The van der Waals surface area contributed by atoms with Crippen molar-refractivity contribution in [2.24, 2.45) is 0 Å². The molecule has 0 radical (unpaired) electrons. The number of fused-ring (bicyclic) bond motifs is 1. The number of hydrogen-bond donors (Lipinski definition) is 0. The van der Waals surface area contributed by atoms with Crippen molar-refractivity contribution < 1.29 is 14.0 Å². The van der Waals surface area contributed by atoms with Crippen LogP contribution < -0.4 is 15.1 Å². The standard InChI is InChI=1S/C34H37BrN2O3Si/c1-24-16-17-36-27(18-24)22-37-21-25(2)40-32-30(33(37)38)19-26(20-31(32)35)23-39-41(34(3,4)5,28-12-8-6-9-13-28)29-14-10-7-11-15-29/h6-20,25H,21-23H2,1-5H3/t25-/m0/s1. The van der Waals surface area contributed by atoms with E-state index in [0.29, 0.717) is 31.0 Å². The number of halogens is 1. The molecule has 0 saturated heterocycles. The van der Waals surface area contributed by atoms with Crippen LogP contribution in [0.5, 0.6) is 5.75 Å². The number of benzene rings is 3. The normalized spacial score (nSPS) is 15.7. The number of pyridine rings is 1. The minimum atomic E-state index is -2.74. The Bertz CT molecular complexity index is 1480. The molecule has 1 aliphatic rings. The number of aryl methyl sites for hydroxylation is 1. The van der Waals surface area contributed by atoms with Crippen molar-refractivity contribution in [3.8, 4) is 5.75 Å². The van der Waals surface area contributed by atoms with E-state index >= 15 is 0 Å². The minimum Gasteiger partial charge on any atom is -0.487 e. The largest absolute Gasteiger partial charge is 0.487 e. The highest BCUT2D eigenvalue weighted by Gasteiger charge is 2.50. The molecular formula is C34H37BrN2O3Si. The average Bonchev–Trinajstić information content (AvgIpc) is 3.05. The first-order valence-corrected chi connectivity index (χ1v) is 16.7. The predicted octanol–water partition coefficient (Wildman–Crippen LogP) is 6.65. The van der Waals surface area contributed by atoms with E-state index in [-0.39, 0.29) is 17.0 Å². The number of amides is 1. The second kappa shape index (κ2) is 11.9. The van der Waals surface area contributed by atoms with Crippen LogP contribution in [-0.4, -0.2) is 36.8 Å². The Hall–Kier alpha value is -3.26.